The summed E-state index contributed by atoms with van der Waals surface area (Å²) in [5.74, 6) is -0.659. The van der Waals surface area contributed by atoms with E-state index in [-0.39, 0.29) is 30.2 Å². The molecule has 0 bridgehead atoms. The van der Waals surface area contributed by atoms with Crippen LogP contribution in [0, 0.1) is 11.7 Å². The summed E-state index contributed by atoms with van der Waals surface area (Å²) < 4.78 is 17.4. The van der Waals surface area contributed by atoms with Crippen molar-refractivity contribution in [3.8, 4) is 0 Å². The molecule has 0 spiro atoms. The van der Waals surface area contributed by atoms with E-state index < -0.39 is 6.09 Å². The van der Waals surface area contributed by atoms with Gasteiger partial charge in [-0.25, -0.2) is 14.6 Å². The van der Waals surface area contributed by atoms with Gasteiger partial charge in [0.2, 0.25) is 5.91 Å². The number of rotatable bonds is 3. The van der Waals surface area contributed by atoms with Gasteiger partial charge in [-0.1, -0.05) is 12.1 Å². The Morgan fingerprint density at radius 3 is 2.63 bits per heavy atom. The number of carbonyl (C=O) groups is 2. The Kier molecular flexibility index (Phi) is 3.99. The average Bonchev–Trinajstić information content (AvgIpc) is 3.17. The first-order valence-electron chi connectivity index (χ1n) is 6.10. The third kappa shape index (κ3) is 3.43. The van der Waals surface area contributed by atoms with Gasteiger partial charge in [-0.2, -0.15) is 0 Å². The van der Waals surface area contributed by atoms with E-state index in [1.165, 1.54) is 12.1 Å². The molecule has 0 aromatic heterocycles. The molecule has 0 aliphatic heterocycles. The van der Waals surface area contributed by atoms with Crippen LogP contribution in [0.25, 0.3) is 0 Å². The zero-order chi connectivity index (χ0) is 13.8. The molecular formula is C13H15FN2O3. The van der Waals surface area contributed by atoms with Crippen molar-refractivity contribution in [1.29, 1.82) is 0 Å². The van der Waals surface area contributed by atoms with Crippen molar-refractivity contribution in [2.45, 2.75) is 19.3 Å². The Labute approximate surface area is 110 Å². The number of hydrogen-bond donors (Lipinski definition) is 2. The first-order chi connectivity index (χ1) is 9.11. The van der Waals surface area contributed by atoms with Crippen LogP contribution in [-0.2, 0) is 9.53 Å². The number of benzene rings is 1. The van der Waals surface area contributed by atoms with Crippen LogP contribution in [0.5, 0.6) is 0 Å². The van der Waals surface area contributed by atoms with Crippen LogP contribution in [0.3, 0.4) is 0 Å². The van der Waals surface area contributed by atoms with Crippen LogP contribution in [0.1, 0.15) is 24.8 Å². The van der Waals surface area contributed by atoms with Gasteiger partial charge in [-0.05, 0) is 37.0 Å². The lowest BCUT2D eigenvalue weighted by molar-refractivity contribution is -0.123. The highest BCUT2D eigenvalue weighted by Gasteiger charge is 2.44. The Morgan fingerprint density at radius 1 is 1.32 bits per heavy atom. The summed E-state index contributed by atoms with van der Waals surface area (Å²) in [5, 5.41) is 0. The Morgan fingerprint density at radius 2 is 2.00 bits per heavy atom. The molecule has 2 amide bonds. The Balaban J connectivity index is 1.80. The molecule has 2 unspecified atom stereocenters. The fourth-order valence-corrected chi connectivity index (χ4v) is 1.94. The Hall–Kier alpha value is -2.11. The van der Waals surface area contributed by atoms with E-state index >= 15 is 0 Å². The molecule has 0 heterocycles. The molecule has 1 aliphatic rings. The second-order valence-corrected chi connectivity index (χ2v) is 4.33. The van der Waals surface area contributed by atoms with Crippen molar-refractivity contribution >= 4 is 12.0 Å². The van der Waals surface area contributed by atoms with Crippen molar-refractivity contribution in [2.24, 2.45) is 5.92 Å². The molecule has 1 saturated carbocycles. The van der Waals surface area contributed by atoms with Crippen molar-refractivity contribution in [2.75, 3.05) is 6.61 Å². The van der Waals surface area contributed by atoms with Crippen molar-refractivity contribution < 1.29 is 18.7 Å². The van der Waals surface area contributed by atoms with E-state index in [0.717, 1.165) is 5.56 Å². The number of carbonyl (C=O) groups excluding carboxylic acids is 2. The molecule has 5 nitrogen and oxygen atoms in total. The molecule has 2 rings (SSSR count). The summed E-state index contributed by atoms with van der Waals surface area (Å²) >= 11 is 0. The number of nitrogens with one attached hydrogen (secondary N) is 2. The average molecular weight is 266 g/mol. The topological polar surface area (TPSA) is 67.4 Å². The number of hydrogen-bond acceptors (Lipinski definition) is 3. The highest BCUT2D eigenvalue weighted by Crippen LogP contribution is 2.47. The molecule has 6 heteroatoms. The third-order valence-electron chi connectivity index (χ3n) is 2.99. The fraction of sp³-hybridized carbons (Fsp3) is 0.385. The lowest BCUT2D eigenvalue weighted by Gasteiger charge is -2.06. The number of hydrazine groups is 1. The normalized spacial score (nSPS) is 20.5. The summed E-state index contributed by atoms with van der Waals surface area (Å²) in [6, 6.07) is 6.09. The lowest BCUT2D eigenvalue weighted by Crippen LogP contribution is -2.42. The molecule has 1 aromatic rings. The lowest BCUT2D eigenvalue weighted by atomic mass is 10.1. The molecule has 2 N–H and O–H groups in total. The van der Waals surface area contributed by atoms with Crippen LogP contribution < -0.4 is 10.9 Å². The molecule has 1 fully saturated rings. The van der Waals surface area contributed by atoms with Crippen LogP contribution in [0.4, 0.5) is 9.18 Å². The predicted molar refractivity (Wildman–Crippen MR) is 65.5 cm³/mol. The fourth-order valence-electron chi connectivity index (χ4n) is 1.94. The van der Waals surface area contributed by atoms with Crippen LogP contribution in [0.15, 0.2) is 24.3 Å². The second-order valence-electron chi connectivity index (χ2n) is 4.33. The standard InChI is InChI=1S/C13H15FN2O3/c1-2-19-13(18)16-15-12(17)11-7-10(11)8-3-5-9(14)6-4-8/h3-6,10-11H,2,7H2,1H3,(H,15,17)(H,16,18). The summed E-state index contributed by atoms with van der Waals surface area (Å²) in [7, 11) is 0. The maximum atomic E-state index is 12.8. The minimum Gasteiger partial charge on any atom is -0.449 e. The summed E-state index contributed by atoms with van der Waals surface area (Å²) in [6.45, 7) is 1.91. The van der Waals surface area contributed by atoms with Gasteiger partial charge in [0.1, 0.15) is 5.82 Å². The van der Waals surface area contributed by atoms with Crippen LogP contribution in [-0.4, -0.2) is 18.6 Å². The van der Waals surface area contributed by atoms with Crippen molar-refractivity contribution in [3.05, 3.63) is 35.6 Å². The monoisotopic (exact) mass is 266 g/mol. The van der Waals surface area contributed by atoms with Gasteiger partial charge >= 0.3 is 6.09 Å². The predicted octanol–water partition coefficient (Wildman–Crippen LogP) is 1.71. The summed E-state index contributed by atoms with van der Waals surface area (Å²) in [5.41, 5.74) is 5.40. The highest BCUT2D eigenvalue weighted by atomic mass is 19.1. The van der Waals surface area contributed by atoms with Gasteiger partial charge in [-0.3, -0.25) is 10.2 Å². The van der Waals surface area contributed by atoms with Gasteiger partial charge < -0.3 is 4.74 Å². The maximum Gasteiger partial charge on any atom is 0.426 e. The molecule has 102 valence electrons. The van der Waals surface area contributed by atoms with E-state index in [0.29, 0.717) is 6.42 Å². The van der Waals surface area contributed by atoms with Crippen molar-refractivity contribution in [1.82, 2.24) is 10.9 Å². The zero-order valence-corrected chi connectivity index (χ0v) is 10.5. The molecule has 2 atom stereocenters. The van der Waals surface area contributed by atoms with E-state index in [9.17, 15) is 14.0 Å². The van der Waals surface area contributed by atoms with E-state index in [4.69, 9.17) is 0 Å². The number of amides is 2. The molecule has 0 saturated heterocycles. The van der Waals surface area contributed by atoms with Crippen LogP contribution in [0.2, 0.25) is 0 Å². The van der Waals surface area contributed by atoms with E-state index in [2.05, 4.69) is 15.6 Å². The largest absolute Gasteiger partial charge is 0.449 e. The highest BCUT2D eigenvalue weighted by molar-refractivity contribution is 5.84. The quantitative estimate of drug-likeness (QED) is 0.818. The third-order valence-corrected chi connectivity index (χ3v) is 2.99. The van der Waals surface area contributed by atoms with E-state index in [1.807, 2.05) is 0 Å². The van der Waals surface area contributed by atoms with Gasteiger partial charge in [0.05, 0.1) is 6.61 Å². The van der Waals surface area contributed by atoms with Crippen LogP contribution >= 0.6 is 0 Å². The first kappa shape index (κ1) is 13.3. The summed E-state index contributed by atoms with van der Waals surface area (Å²) in [4.78, 5) is 22.7. The van der Waals surface area contributed by atoms with Gasteiger partial charge in [-0.15, -0.1) is 0 Å². The molecule has 1 aromatic carbocycles. The minimum absolute atomic E-state index is 0.0876. The van der Waals surface area contributed by atoms with Gasteiger partial charge in [0.15, 0.2) is 0 Å². The first-order valence-corrected chi connectivity index (χ1v) is 6.10. The number of ether oxygens (including phenoxy) is 1. The molecule has 1 aliphatic carbocycles. The maximum absolute atomic E-state index is 12.8. The number of halogens is 1. The summed E-state index contributed by atoms with van der Waals surface area (Å²) in [6.07, 6.45) is 0.0111. The SMILES string of the molecule is CCOC(=O)NNC(=O)C1CC1c1ccc(F)cc1. The van der Waals surface area contributed by atoms with Crippen molar-refractivity contribution in [3.63, 3.8) is 0 Å². The minimum atomic E-state index is -0.685. The van der Waals surface area contributed by atoms with E-state index in [1.54, 1.807) is 19.1 Å². The van der Waals surface area contributed by atoms with Gasteiger partial charge in [0.25, 0.3) is 0 Å². The second kappa shape index (κ2) is 5.69. The Bertz CT molecular complexity index is 475. The molecule has 19 heavy (non-hydrogen) atoms. The smallest absolute Gasteiger partial charge is 0.426 e. The zero-order valence-electron chi connectivity index (χ0n) is 10.5. The van der Waals surface area contributed by atoms with Gasteiger partial charge in [0, 0.05) is 5.92 Å². The molecule has 0 radical (unpaired) electrons. The molecular weight excluding hydrogens is 251 g/mol.